The summed E-state index contributed by atoms with van der Waals surface area (Å²) in [7, 11) is 0. The van der Waals surface area contributed by atoms with E-state index in [4.69, 9.17) is 0 Å². The zero-order valence-electron chi connectivity index (χ0n) is 5.20. The van der Waals surface area contributed by atoms with Crippen molar-refractivity contribution in [1.29, 1.82) is 0 Å². The lowest BCUT2D eigenvalue weighted by Gasteiger charge is -1.94. The number of rotatable bonds is 0. The molecule has 0 fully saturated rings. The van der Waals surface area contributed by atoms with Gasteiger partial charge in [0, 0.05) is 9.81 Å². The normalized spacial score (nSPS) is 21.4. The summed E-state index contributed by atoms with van der Waals surface area (Å²) in [6.45, 7) is 0. The molecule has 0 nitrogen and oxygen atoms in total. The summed E-state index contributed by atoms with van der Waals surface area (Å²) in [5, 5.41) is 0. The summed E-state index contributed by atoms with van der Waals surface area (Å²) in [4.78, 5) is 2.04. The molecule has 0 saturated carbocycles. The highest BCUT2D eigenvalue weighted by atomic mass is 32.1. The molecule has 0 radical (unpaired) electrons. The lowest BCUT2D eigenvalue weighted by atomic mass is 10.2. The molecule has 0 spiro atoms. The van der Waals surface area contributed by atoms with Gasteiger partial charge in [-0.25, -0.2) is 0 Å². The van der Waals surface area contributed by atoms with Gasteiger partial charge in [-0.15, -0.1) is 25.3 Å². The Morgan fingerprint density at radius 1 is 1.20 bits per heavy atom. The highest BCUT2D eigenvalue weighted by Gasteiger charge is 2.17. The summed E-state index contributed by atoms with van der Waals surface area (Å²) < 4.78 is 0. The monoisotopic (exact) mass is 166 g/mol. The number of thiol groups is 2. The van der Waals surface area contributed by atoms with Gasteiger partial charge in [0.2, 0.25) is 0 Å². The van der Waals surface area contributed by atoms with Crippen LogP contribution in [0, 0.1) is 0 Å². The molecule has 0 aromatic rings. The molecule has 2 aliphatic rings. The Kier molecular flexibility index (Phi) is 1.32. The number of hydrogen-bond donors (Lipinski definition) is 2. The fraction of sp³-hybridized carbons (Fsp3) is 0. The standard InChI is InChI=1S/C8H6S2/c9-7-4-8(10)6-3-1-2-5(6)7/h1-4,9-10H. The van der Waals surface area contributed by atoms with Crippen LogP contribution >= 0.6 is 25.3 Å². The maximum atomic E-state index is 4.29. The minimum atomic E-state index is 1.02. The molecule has 50 valence electrons. The van der Waals surface area contributed by atoms with Gasteiger partial charge in [0.05, 0.1) is 0 Å². The zero-order chi connectivity index (χ0) is 7.14. The summed E-state index contributed by atoms with van der Waals surface area (Å²) in [6, 6.07) is 0. The van der Waals surface area contributed by atoms with Gasteiger partial charge in [-0.3, -0.25) is 0 Å². The smallest absolute Gasteiger partial charge is 0.0130 e. The highest BCUT2D eigenvalue weighted by Crippen LogP contribution is 2.38. The van der Waals surface area contributed by atoms with Crippen molar-refractivity contribution in [1.82, 2.24) is 0 Å². The maximum absolute atomic E-state index is 4.29. The van der Waals surface area contributed by atoms with Gasteiger partial charge in [-0.2, -0.15) is 0 Å². The van der Waals surface area contributed by atoms with Crippen molar-refractivity contribution in [2.75, 3.05) is 0 Å². The van der Waals surface area contributed by atoms with Gasteiger partial charge < -0.3 is 0 Å². The first-order valence-corrected chi connectivity index (χ1v) is 3.91. The molecule has 10 heavy (non-hydrogen) atoms. The second-order valence-corrected chi connectivity index (χ2v) is 3.23. The Bertz CT molecular complexity index is 296. The summed E-state index contributed by atoms with van der Waals surface area (Å²) in [6.07, 6.45) is 8.09. The van der Waals surface area contributed by atoms with E-state index in [1.165, 1.54) is 11.1 Å². The van der Waals surface area contributed by atoms with Crippen molar-refractivity contribution in [3.63, 3.8) is 0 Å². The van der Waals surface area contributed by atoms with Crippen molar-refractivity contribution in [3.8, 4) is 0 Å². The first-order valence-electron chi connectivity index (χ1n) is 3.02. The van der Waals surface area contributed by atoms with Gasteiger partial charge in [-0.1, -0.05) is 18.2 Å². The van der Waals surface area contributed by atoms with Gasteiger partial charge in [-0.05, 0) is 17.2 Å². The molecule has 0 amide bonds. The first kappa shape index (κ1) is 6.38. The van der Waals surface area contributed by atoms with Crippen molar-refractivity contribution in [2.45, 2.75) is 0 Å². The van der Waals surface area contributed by atoms with E-state index in [1.54, 1.807) is 0 Å². The molecule has 2 heteroatoms. The van der Waals surface area contributed by atoms with Crippen LogP contribution in [-0.4, -0.2) is 0 Å². The molecule has 0 atom stereocenters. The third kappa shape index (κ3) is 0.724. The van der Waals surface area contributed by atoms with Crippen molar-refractivity contribution in [2.24, 2.45) is 0 Å². The Balaban J connectivity index is 2.59. The van der Waals surface area contributed by atoms with E-state index >= 15 is 0 Å². The predicted molar refractivity (Wildman–Crippen MR) is 50.3 cm³/mol. The number of allylic oxidation sites excluding steroid dienone is 6. The average Bonchev–Trinajstić information content (AvgIpc) is 2.39. The van der Waals surface area contributed by atoms with Gasteiger partial charge in [0.15, 0.2) is 0 Å². The van der Waals surface area contributed by atoms with Gasteiger partial charge in [0.25, 0.3) is 0 Å². The van der Waals surface area contributed by atoms with E-state index in [0.29, 0.717) is 0 Å². The minimum Gasteiger partial charge on any atom is -0.143 e. The molecule has 2 aliphatic carbocycles. The fourth-order valence-electron chi connectivity index (χ4n) is 1.15. The Labute approximate surface area is 70.8 Å². The quantitative estimate of drug-likeness (QED) is 0.507. The second-order valence-electron chi connectivity index (χ2n) is 2.27. The van der Waals surface area contributed by atoms with Crippen LogP contribution in [0.3, 0.4) is 0 Å². The second kappa shape index (κ2) is 2.07. The van der Waals surface area contributed by atoms with E-state index < -0.39 is 0 Å². The molecular weight excluding hydrogens is 160 g/mol. The molecule has 0 saturated heterocycles. The third-order valence-corrected chi connectivity index (χ3v) is 2.38. The largest absolute Gasteiger partial charge is 0.143 e. The van der Waals surface area contributed by atoms with E-state index in [-0.39, 0.29) is 0 Å². The topological polar surface area (TPSA) is 0 Å². The Hall–Kier alpha value is -0.340. The third-order valence-electron chi connectivity index (χ3n) is 1.64. The summed E-state index contributed by atoms with van der Waals surface area (Å²) >= 11 is 8.58. The van der Waals surface area contributed by atoms with E-state index in [0.717, 1.165) is 9.81 Å². The fourth-order valence-corrected chi connectivity index (χ4v) is 1.90. The predicted octanol–water partition coefficient (Wildman–Crippen LogP) is 2.49. The van der Waals surface area contributed by atoms with Crippen LogP contribution in [-0.2, 0) is 0 Å². The van der Waals surface area contributed by atoms with E-state index in [9.17, 15) is 0 Å². The van der Waals surface area contributed by atoms with Crippen LogP contribution in [0.5, 0.6) is 0 Å². The van der Waals surface area contributed by atoms with E-state index in [2.05, 4.69) is 37.4 Å². The summed E-state index contributed by atoms with van der Waals surface area (Å²) in [5.41, 5.74) is 2.40. The lowest BCUT2D eigenvalue weighted by molar-refractivity contribution is 1.66. The van der Waals surface area contributed by atoms with E-state index in [1.807, 2.05) is 12.2 Å². The van der Waals surface area contributed by atoms with Crippen LogP contribution in [0.4, 0.5) is 0 Å². The number of fused-ring (bicyclic) bond motifs is 1. The minimum absolute atomic E-state index is 1.02. The zero-order valence-corrected chi connectivity index (χ0v) is 6.99. The summed E-state index contributed by atoms with van der Waals surface area (Å²) in [5.74, 6) is 0. The first-order chi connectivity index (χ1) is 4.79. The van der Waals surface area contributed by atoms with Crippen LogP contribution in [0.15, 0.2) is 45.3 Å². The van der Waals surface area contributed by atoms with Crippen LogP contribution in [0.2, 0.25) is 0 Å². The Morgan fingerprint density at radius 3 is 2.70 bits per heavy atom. The van der Waals surface area contributed by atoms with Crippen molar-refractivity contribution >= 4 is 25.3 Å². The molecule has 0 heterocycles. The molecule has 0 aliphatic heterocycles. The van der Waals surface area contributed by atoms with Gasteiger partial charge in [0.1, 0.15) is 0 Å². The molecule has 2 rings (SSSR count). The maximum Gasteiger partial charge on any atom is 0.0130 e. The van der Waals surface area contributed by atoms with Crippen molar-refractivity contribution < 1.29 is 0 Å². The molecule has 0 bridgehead atoms. The molecule has 0 aromatic heterocycles. The van der Waals surface area contributed by atoms with Crippen LogP contribution in [0.1, 0.15) is 0 Å². The molecule has 0 N–H and O–H groups in total. The van der Waals surface area contributed by atoms with Gasteiger partial charge >= 0.3 is 0 Å². The lowest BCUT2D eigenvalue weighted by Crippen LogP contribution is -1.74. The highest BCUT2D eigenvalue weighted by molar-refractivity contribution is 7.86. The van der Waals surface area contributed by atoms with Crippen LogP contribution < -0.4 is 0 Å². The molecular formula is C8H6S2. The number of hydrogen-bond acceptors (Lipinski definition) is 2. The van der Waals surface area contributed by atoms with Crippen LogP contribution in [0.25, 0.3) is 0 Å². The molecule has 0 aromatic carbocycles. The SMILES string of the molecule is SC1=CC(S)=C2C=CC=C12. The molecule has 0 unspecified atom stereocenters. The van der Waals surface area contributed by atoms with Crippen molar-refractivity contribution in [3.05, 3.63) is 45.3 Å². The average molecular weight is 166 g/mol. The Morgan fingerprint density at radius 2 is 2.00 bits per heavy atom.